The molecule has 0 saturated heterocycles. The van der Waals surface area contributed by atoms with Gasteiger partial charge in [0.25, 0.3) is 0 Å². The third kappa shape index (κ3) is 694. The van der Waals surface area contributed by atoms with Crippen molar-refractivity contribution in [2.45, 2.75) is 0 Å². The van der Waals surface area contributed by atoms with E-state index in [1.54, 1.807) is 0 Å². The van der Waals surface area contributed by atoms with Crippen LogP contribution in [0.25, 0.3) is 0 Å². The van der Waals surface area contributed by atoms with Crippen molar-refractivity contribution in [3.05, 3.63) is 0 Å². The first-order valence-corrected chi connectivity index (χ1v) is 6.57. The fraction of sp³-hybridized carbons (Fsp3) is 0. The molecule has 0 aromatic heterocycles. The Bertz CT molecular complexity index is 219. The normalized spacial score (nSPS) is 9.32. The van der Waals surface area contributed by atoms with Crippen LogP contribution in [-0.4, -0.2) is 78.2 Å². The predicted octanol–water partition coefficient (Wildman–Crippen LogP) is -9.62. The summed E-state index contributed by atoms with van der Waals surface area (Å²) in [5, 5.41) is 0. The van der Waals surface area contributed by atoms with Crippen molar-refractivity contribution < 1.29 is 74.8 Å². The zero-order valence-electron chi connectivity index (χ0n) is 8.59. The number of hydrogen-bond acceptors (Lipinski definition) is 12. The van der Waals surface area contributed by atoms with E-state index in [9.17, 15) is 0 Å². The summed E-state index contributed by atoms with van der Waals surface area (Å²) in [6.07, 6.45) is 0. The number of rotatable bonds is 0. The van der Waals surface area contributed by atoms with Crippen LogP contribution in [0.3, 0.4) is 0 Å². The molecule has 19 heteroatoms. The van der Waals surface area contributed by atoms with Crippen LogP contribution in [0.2, 0.25) is 0 Å². The molecule has 0 heterocycles. The molecule has 19 heavy (non-hydrogen) atoms. The average Bonchev–Trinajstić information content (AvgIpc) is 1.41. The molecular formula is AlCaFeMgO12P3. The Morgan fingerprint density at radius 3 is 0.526 bits per heavy atom. The molecule has 0 N–H and O–H groups in total. The van der Waals surface area contributed by atoms with Gasteiger partial charge in [0.15, 0.2) is 0 Å². The maximum absolute atomic E-state index is 8.55. The molecule has 0 aromatic rings. The van der Waals surface area contributed by atoms with Crippen LogP contribution in [-0.2, 0) is 30.8 Å². The summed E-state index contributed by atoms with van der Waals surface area (Å²) in [7, 11) is -16.2. The monoisotopic (exact) mass is 432 g/mol. The van der Waals surface area contributed by atoms with E-state index in [4.69, 9.17) is 57.7 Å². The molecule has 0 bridgehead atoms. The summed E-state index contributed by atoms with van der Waals surface area (Å²) in [4.78, 5) is 76.9. The third-order valence-electron chi connectivity index (χ3n) is 0. The average molecular weight is 432 g/mol. The van der Waals surface area contributed by atoms with Crippen LogP contribution >= 0.6 is 23.5 Å². The first-order chi connectivity index (χ1) is 6.00. The Labute approximate surface area is 174 Å². The van der Waals surface area contributed by atoms with Gasteiger partial charge < -0.3 is 57.7 Å². The summed E-state index contributed by atoms with van der Waals surface area (Å²) in [5.74, 6) is 0. The molecule has 0 spiro atoms. The molecular weight excluding hydrogens is 432 g/mol. The van der Waals surface area contributed by atoms with Gasteiger partial charge in [0.05, 0.1) is 0 Å². The van der Waals surface area contributed by atoms with Gasteiger partial charge in [-0.2, -0.15) is 23.5 Å². The minimum absolute atomic E-state index is 0. The summed E-state index contributed by atoms with van der Waals surface area (Å²) >= 11 is 0. The Morgan fingerprint density at radius 2 is 0.526 bits per heavy atom. The summed E-state index contributed by atoms with van der Waals surface area (Å²) in [6, 6.07) is 0. The Morgan fingerprint density at radius 1 is 0.526 bits per heavy atom. The summed E-state index contributed by atoms with van der Waals surface area (Å²) in [6.45, 7) is 0. The number of phosphoric acid groups is 3. The van der Waals surface area contributed by atoms with Crippen LogP contribution in [0.4, 0.5) is 0 Å². The Hall–Kier alpha value is 3.41. The van der Waals surface area contributed by atoms with E-state index < -0.39 is 23.5 Å². The number of hydrogen-bond donors (Lipinski definition) is 0. The van der Waals surface area contributed by atoms with E-state index in [2.05, 4.69) is 0 Å². The fourth-order valence-corrected chi connectivity index (χ4v) is 0. The molecule has 0 rings (SSSR count). The molecule has 0 aliphatic rings. The standard InChI is InChI=1S/Al.Ca.Fe.Mg.3H3O4P/c;;;;3*1-5(2,3)4/h;;;;3*(H3,1,2,3,4)/q+3;3*+2;;;/p-9. The molecule has 0 unspecified atom stereocenters. The zero-order chi connectivity index (χ0) is 13.5. The molecule has 0 aliphatic heterocycles. The minimum atomic E-state index is -5.39. The van der Waals surface area contributed by atoms with Gasteiger partial charge in [-0.1, -0.05) is 0 Å². The topological polar surface area (TPSA) is 259 Å². The van der Waals surface area contributed by atoms with E-state index in [0.717, 1.165) is 0 Å². The zero-order valence-corrected chi connectivity index (χ0v) is 17.2. The molecule has 0 aliphatic carbocycles. The van der Waals surface area contributed by atoms with Crippen molar-refractivity contribution in [1.82, 2.24) is 0 Å². The summed E-state index contributed by atoms with van der Waals surface area (Å²) < 4.78 is 25.6. The second-order valence-electron chi connectivity index (χ2n) is 1.34. The van der Waals surface area contributed by atoms with Crippen LogP contribution < -0.4 is 44.0 Å². The van der Waals surface area contributed by atoms with Crippen molar-refractivity contribution in [2.24, 2.45) is 0 Å². The van der Waals surface area contributed by atoms with Crippen LogP contribution in [0.5, 0.6) is 0 Å². The molecule has 102 valence electrons. The van der Waals surface area contributed by atoms with Crippen LogP contribution in [0.1, 0.15) is 0 Å². The van der Waals surface area contributed by atoms with Gasteiger partial charge in [-0.3, -0.25) is 0 Å². The summed E-state index contributed by atoms with van der Waals surface area (Å²) in [5.41, 5.74) is 0. The van der Waals surface area contributed by atoms with Crippen molar-refractivity contribution in [3.63, 3.8) is 0 Å². The van der Waals surface area contributed by atoms with Gasteiger partial charge in [0, 0.05) is 0 Å². The SMILES string of the molecule is O=P([O-])([O-])[O-].O=P([O-])([O-])[O-].O=P([O-])([O-])[O-].[Al+3].[Ca+2].[Fe+2].[Mg+2]. The Balaban J connectivity index is -0.0000000206. The van der Waals surface area contributed by atoms with Gasteiger partial charge in [0.2, 0.25) is 0 Å². The maximum atomic E-state index is 8.55. The van der Waals surface area contributed by atoms with Gasteiger partial charge in [-0.25, -0.2) is 0 Å². The van der Waals surface area contributed by atoms with Crippen molar-refractivity contribution in [1.29, 1.82) is 0 Å². The molecule has 0 aromatic carbocycles. The second kappa shape index (κ2) is 19.5. The van der Waals surface area contributed by atoms with Gasteiger partial charge in [-0.15, -0.1) is 0 Å². The molecule has 0 atom stereocenters. The molecule has 0 amide bonds. The quantitative estimate of drug-likeness (QED) is 0.255. The predicted molar refractivity (Wildman–Crippen MR) is 40.1 cm³/mol. The van der Waals surface area contributed by atoms with E-state index in [1.807, 2.05) is 0 Å². The van der Waals surface area contributed by atoms with Gasteiger partial charge in [0.1, 0.15) is 0 Å². The Kier molecular flexibility index (Phi) is 44.3. The van der Waals surface area contributed by atoms with Crippen molar-refractivity contribution in [3.8, 4) is 0 Å². The van der Waals surface area contributed by atoms with E-state index >= 15 is 0 Å². The maximum Gasteiger partial charge on any atom is 3.00 e. The molecule has 0 radical (unpaired) electrons. The van der Waals surface area contributed by atoms with Crippen LogP contribution in [0.15, 0.2) is 0 Å². The van der Waals surface area contributed by atoms with E-state index in [1.165, 1.54) is 0 Å². The first kappa shape index (κ1) is 43.3. The van der Waals surface area contributed by atoms with E-state index in [-0.39, 0.29) is 95.2 Å². The third-order valence-corrected chi connectivity index (χ3v) is 0. The fourth-order valence-electron chi connectivity index (χ4n) is 0. The van der Waals surface area contributed by atoms with E-state index in [0.29, 0.717) is 0 Å². The van der Waals surface area contributed by atoms with Gasteiger partial charge >= 0.3 is 95.2 Å². The first-order valence-electron chi connectivity index (χ1n) is 2.19. The molecule has 0 saturated carbocycles. The molecule has 0 fully saturated rings. The van der Waals surface area contributed by atoms with Crippen molar-refractivity contribution in [2.75, 3.05) is 0 Å². The smallest absolute Gasteiger partial charge is 0.822 e. The minimum Gasteiger partial charge on any atom is -0.822 e. The van der Waals surface area contributed by atoms with Crippen LogP contribution in [0, 0.1) is 0 Å². The van der Waals surface area contributed by atoms with Crippen molar-refractivity contribution >= 4 is 102 Å². The van der Waals surface area contributed by atoms with Gasteiger partial charge in [-0.05, 0) is 0 Å². The second-order valence-corrected chi connectivity index (χ2v) is 4.02. The molecule has 12 nitrogen and oxygen atoms in total. The largest absolute Gasteiger partial charge is 3.00 e.